The Morgan fingerprint density at radius 1 is 1.15 bits per heavy atom. The van der Waals surface area contributed by atoms with Crippen LogP contribution in [-0.4, -0.2) is 33.8 Å². The Hall–Kier alpha value is -3.33. The van der Waals surface area contributed by atoms with Gasteiger partial charge in [-0.2, -0.15) is 0 Å². The van der Waals surface area contributed by atoms with Crippen molar-refractivity contribution in [1.29, 1.82) is 0 Å². The number of nitrogens with zero attached hydrogens (tertiary/aromatic N) is 2. The highest BCUT2D eigenvalue weighted by Gasteiger charge is 2.32. The van der Waals surface area contributed by atoms with E-state index in [1.54, 1.807) is 11.5 Å². The van der Waals surface area contributed by atoms with Crippen molar-refractivity contribution >= 4 is 22.6 Å². The Morgan fingerprint density at radius 2 is 1.88 bits per heavy atom. The first kappa shape index (κ1) is 22.5. The topological polar surface area (TPSA) is 93.5 Å². The second-order valence-electron chi connectivity index (χ2n) is 9.02. The number of fused-ring (bicyclic) bond motifs is 1. The molecule has 2 fully saturated rings. The van der Waals surface area contributed by atoms with Crippen LogP contribution in [0.15, 0.2) is 35.1 Å². The fourth-order valence-electron chi connectivity index (χ4n) is 4.70. The van der Waals surface area contributed by atoms with E-state index in [0.29, 0.717) is 30.1 Å². The van der Waals surface area contributed by atoms with Gasteiger partial charge < -0.3 is 15.2 Å². The standard InChI is InChI=1S/C25H25F2N3O4/c1-13(28-21-5-2-15(26)10-19(21)25(32)33)18-11-16(27)12-20-22(18)29-23(14-6-8-34-9-7-14)30(24(20)31)17-3-4-17/h2,5,10-14,17,28H,3-4,6-9H2,1H3,(H,32,33)/t13-/m1/s1. The molecule has 1 atom stereocenters. The lowest BCUT2D eigenvalue weighted by Gasteiger charge is -2.26. The van der Waals surface area contributed by atoms with Crippen molar-refractivity contribution in [3.63, 3.8) is 0 Å². The van der Waals surface area contributed by atoms with Crippen molar-refractivity contribution in [2.75, 3.05) is 18.5 Å². The number of anilines is 1. The molecule has 2 N–H and O–H groups in total. The highest BCUT2D eigenvalue weighted by molar-refractivity contribution is 5.94. The molecule has 1 aliphatic heterocycles. The number of aromatic carboxylic acids is 1. The van der Waals surface area contributed by atoms with Gasteiger partial charge in [0.2, 0.25) is 0 Å². The van der Waals surface area contributed by atoms with E-state index in [1.165, 1.54) is 18.2 Å². The third-order valence-electron chi connectivity index (χ3n) is 6.58. The maximum absolute atomic E-state index is 14.7. The third-order valence-corrected chi connectivity index (χ3v) is 6.58. The summed E-state index contributed by atoms with van der Waals surface area (Å²) < 4.78 is 35.5. The minimum Gasteiger partial charge on any atom is -0.478 e. The Kier molecular flexibility index (Phi) is 5.81. The van der Waals surface area contributed by atoms with Crippen LogP contribution in [0.1, 0.15) is 72.4 Å². The van der Waals surface area contributed by atoms with Gasteiger partial charge >= 0.3 is 5.97 Å². The molecular formula is C25H25F2N3O4. The molecule has 1 saturated heterocycles. The zero-order valence-electron chi connectivity index (χ0n) is 18.7. The van der Waals surface area contributed by atoms with Gasteiger partial charge in [0, 0.05) is 36.4 Å². The van der Waals surface area contributed by atoms with Crippen molar-refractivity contribution in [3.05, 3.63) is 69.3 Å². The number of nitrogens with one attached hydrogen (secondary N) is 1. The number of hydrogen-bond acceptors (Lipinski definition) is 5. The van der Waals surface area contributed by atoms with Gasteiger partial charge in [0.25, 0.3) is 5.56 Å². The fourth-order valence-corrected chi connectivity index (χ4v) is 4.70. The molecule has 5 rings (SSSR count). The molecule has 1 aromatic heterocycles. The number of ether oxygens (including phenoxy) is 1. The predicted octanol–water partition coefficient (Wildman–Crippen LogP) is 4.77. The van der Waals surface area contributed by atoms with Crippen LogP contribution in [0.5, 0.6) is 0 Å². The number of hydrogen-bond donors (Lipinski definition) is 2. The van der Waals surface area contributed by atoms with Gasteiger partial charge in [-0.1, -0.05) is 0 Å². The maximum Gasteiger partial charge on any atom is 0.337 e. The van der Waals surface area contributed by atoms with Gasteiger partial charge in [0.1, 0.15) is 17.5 Å². The molecule has 0 bridgehead atoms. The summed E-state index contributed by atoms with van der Waals surface area (Å²) in [6.45, 7) is 2.92. The Bertz CT molecular complexity index is 1330. The van der Waals surface area contributed by atoms with E-state index in [9.17, 15) is 23.5 Å². The molecule has 2 heterocycles. The maximum atomic E-state index is 14.7. The van der Waals surface area contributed by atoms with E-state index in [4.69, 9.17) is 9.72 Å². The second kappa shape index (κ2) is 8.79. The summed E-state index contributed by atoms with van der Waals surface area (Å²) in [5, 5.41) is 12.7. The third kappa shape index (κ3) is 4.16. The SMILES string of the molecule is C[C@@H](Nc1ccc(F)cc1C(=O)O)c1cc(F)cc2c(=O)n(C3CC3)c(C3CCOCC3)nc12. The summed E-state index contributed by atoms with van der Waals surface area (Å²) in [5.74, 6) is -1.76. The normalized spacial score (nSPS) is 17.6. The highest BCUT2D eigenvalue weighted by Crippen LogP contribution is 2.38. The summed E-state index contributed by atoms with van der Waals surface area (Å²) in [4.78, 5) is 30.0. The minimum absolute atomic E-state index is 0.0725. The van der Waals surface area contributed by atoms with Crippen LogP contribution in [-0.2, 0) is 4.74 Å². The molecule has 0 radical (unpaired) electrons. The van der Waals surface area contributed by atoms with Crippen molar-refractivity contribution in [2.45, 2.75) is 50.6 Å². The second-order valence-corrected chi connectivity index (χ2v) is 9.02. The van der Waals surface area contributed by atoms with Gasteiger partial charge in [-0.15, -0.1) is 0 Å². The van der Waals surface area contributed by atoms with Crippen molar-refractivity contribution in [2.24, 2.45) is 0 Å². The molecule has 0 spiro atoms. The van der Waals surface area contributed by atoms with Crippen molar-refractivity contribution < 1.29 is 23.4 Å². The summed E-state index contributed by atoms with van der Waals surface area (Å²) in [6.07, 6.45) is 3.30. The first-order valence-corrected chi connectivity index (χ1v) is 11.5. The van der Waals surface area contributed by atoms with E-state index >= 15 is 0 Å². The summed E-state index contributed by atoms with van der Waals surface area (Å²) >= 11 is 0. The number of carboxylic acid groups (broad SMARTS) is 1. The van der Waals surface area contributed by atoms with Gasteiger partial charge in [-0.05, 0) is 62.9 Å². The quantitative estimate of drug-likeness (QED) is 0.540. The van der Waals surface area contributed by atoms with Gasteiger partial charge in [-0.25, -0.2) is 18.6 Å². The zero-order chi connectivity index (χ0) is 24.0. The molecule has 1 aliphatic carbocycles. The van der Waals surface area contributed by atoms with E-state index in [2.05, 4.69) is 5.32 Å². The largest absolute Gasteiger partial charge is 0.478 e. The molecule has 2 aromatic carbocycles. The average molecular weight is 469 g/mol. The van der Waals surface area contributed by atoms with Gasteiger partial charge in [0.05, 0.1) is 22.5 Å². The average Bonchev–Trinajstić information content (AvgIpc) is 3.65. The van der Waals surface area contributed by atoms with Crippen LogP contribution in [0.3, 0.4) is 0 Å². The lowest BCUT2D eigenvalue weighted by Crippen LogP contribution is -2.29. The van der Waals surface area contributed by atoms with E-state index in [0.717, 1.165) is 37.8 Å². The number of rotatable bonds is 6. The number of halogens is 2. The fraction of sp³-hybridized carbons (Fsp3) is 0.400. The molecule has 3 aromatic rings. The Balaban J connectivity index is 1.63. The molecular weight excluding hydrogens is 444 g/mol. The molecule has 9 heteroatoms. The predicted molar refractivity (Wildman–Crippen MR) is 122 cm³/mol. The van der Waals surface area contributed by atoms with Crippen LogP contribution < -0.4 is 10.9 Å². The summed E-state index contributed by atoms with van der Waals surface area (Å²) in [6, 6.07) is 5.42. The summed E-state index contributed by atoms with van der Waals surface area (Å²) in [7, 11) is 0. The lowest BCUT2D eigenvalue weighted by molar-refractivity contribution is 0.0697. The number of carbonyl (C=O) groups is 1. The number of benzene rings is 2. The molecule has 0 unspecified atom stereocenters. The summed E-state index contributed by atoms with van der Waals surface area (Å²) in [5.41, 5.74) is 0.525. The van der Waals surface area contributed by atoms with Crippen LogP contribution >= 0.6 is 0 Å². The van der Waals surface area contributed by atoms with Crippen LogP contribution in [0, 0.1) is 11.6 Å². The van der Waals surface area contributed by atoms with Crippen LogP contribution in [0.25, 0.3) is 10.9 Å². The molecule has 1 saturated carbocycles. The van der Waals surface area contributed by atoms with E-state index < -0.39 is 23.6 Å². The number of aromatic nitrogens is 2. The molecule has 34 heavy (non-hydrogen) atoms. The van der Waals surface area contributed by atoms with E-state index in [-0.39, 0.29) is 34.2 Å². The molecule has 0 amide bonds. The molecule has 2 aliphatic rings. The van der Waals surface area contributed by atoms with E-state index in [1.807, 2.05) is 0 Å². The molecule has 178 valence electrons. The monoisotopic (exact) mass is 469 g/mol. The highest BCUT2D eigenvalue weighted by atomic mass is 19.1. The van der Waals surface area contributed by atoms with Crippen LogP contribution in [0.4, 0.5) is 14.5 Å². The van der Waals surface area contributed by atoms with Crippen molar-refractivity contribution in [1.82, 2.24) is 9.55 Å². The van der Waals surface area contributed by atoms with Crippen LogP contribution in [0.2, 0.25) is 0 Å². The lowest BCUT2D eigenvalue weighted by atomic mass is 9.97. The Labute approximate surface area is 194 Å². The number of carboxylic acids is 1. The first-order valence-electron chi connectivity index (χ1n) is 11.5. The first-order chi connectivity index (χ1) is 16.3. The van der Waals surface area contributed by atoms with Gasteiger partial charge in [-0.3, -0.25) is 9.36 Å². The minimum atomic E-state index is -1.29. The smallest absolute Gasteiger partial charge is 0.337 e. The van der Waals surface area contributed by atoms with Crippen molar-refractivity contribution in [3.8, 4) is 0 Å². The Morgan fingerprint density at radius 3 is 2.56 bits per heavy atom. The molecule has 7 nitrogen and oxygen atoms in total. The van der Waals surface area contributed by atoms with Gasteiger partial charge in [0.15, 0.2) is 0 Å². The zero-order valence-corrected chi connectivity index (χ0v) is 18.7.